The minimum Gasteiger partial charge on any atom is -0.476 e. The summed E-state index contributed by atoms with van der Waals surface area (Å²) in [6.45, 7) is 2.34. The van der Waals surface area contributed by atoms with Crippen LogP contribution < -0.4 is 5.32 Å². The van der Waals surface area contributed by atoms with E-state index in [2.05, 4.69) is 5.32 Å². The summed E-state index contributed by atoms with van der Waals surface area (Å²) in [7, 11) is -4.18. The number of hydrogen-bond acceptors (Lipinski definition) is 7. The molecule has 3 N–H and O–H groups in total. The fourth-order valence-electron chi connectivity index (χ4n) is 3.70. The third kappa shape index (κ3) is 4.27. The number of aliphatic carboxylic acids is 2. The standard InChI is InChI=1S/C16H16N2O6S.C2HF3O2/c1-8-2-4-10(5-3-8)25(22,23)24-11-6-9-7-17-12-13(9)18(15(12)19)14(11)16(20)21;3-2(4,5)1(6)7/h2-5,9,12-13,17H,6-7H2,1H3,(H,20,21);(H,6,7)/t9-,12+,13-;/m1./s1. The minimum absolute atomic E-state index is 0.0604. The second-order valence-electron chi connectivity index (χ2n) is 7.28. The predicted octanol–water partition coefficient (Wildman–Crippen LogP) is 0.832. The van der Waals surface area contributed by atoms with E-state index in [9.17, 15) is 36.3 Å². The van der Waals surface area contributed by atoms with Crippen LogP contribution in [0.1, 0.15) is 12.0 Å². The number of carbonyl (C=O) groups excluding carboxylic acids is 1. The molecule has 0 radical (unpaired) electrons. The molecule has 0 saturated carbocycles. The van der Waals surface area contributed by atoms with Crippen LogP contribution in [0.15, 0.2) is 40.6 Å². The number of rotatable bonds is 4. The molecule has 3 atom stereocenters. The van der Waals surface area contributed by atoms with Crippen LogP contribution >= 0.6 is 0 Å². The highest BCUT2D eigenvalue weighted by atomic mass is 32.2. The Morgan fingerprint density at radius 1 is 1.19 bits per heavy atom. The molecule has 0 unspecified atom stereocenters. The average molecular weight is 478 g/mol. The van der Waals surface area contributed by atoms with Crippen molar-refractivity contribution in [3.8, 4) is 0 Å². The Labute approximate surface area is 179 Å². The van der Waals surface area contributed by atoms with Crippen LogP contribution in [0, 0.1) is 12.8 Å². The highest BCUT2D eigenvalue weighted by Crippen LogP contribution is 2.44. The Balaban J connectivity index is 0.000000360. The van der Waals surface area contributed by atoms with E-state index in [1.54, 1.807) is 12.1 Å². The Kier molecular flexibility index (Phi) is 5.95. The number of nitrogens with one attached hydrogen (secondary N) is 1. The molecule has 10 nitrogen and oxygen atoms in total. The third-order valence-electron chi connectivity index (χ3n) is 5.14. The van der Waals surface area contributed by atoms with Crippen LogP contribution in [-0.4, -0.2) is 66.2 Å². The van der Waals surface area contributed by atoms with Crippen molar-refractivity contribution in [3.63, 3.8) is 0 Å². The van der Waals surface area contributed by atoms with Crippen LogP contribution in [0.25, 0.3) is 0 Å². The molecule has 3 aliphatic rings. The van der Waals surface area contributed by atoms with Gasteiger partial charge >= 0.3 is 28.2 Å². The summed E-state index contributed by atoms with van der Waals surface area (Å²) in [5.74, 6) is -4.74. The van der Waals surface area contributed by atoms with Gasteiger partial charge < -0.3 is 19.7 Å². The number of benzene rings is 1. The quantitative estimate of drug-likeness (QED) is 0.422. The van der Waals surface area contributed by atoms with Gasteiger partial charge in [-0.3, -0.25) is 9.69 Å². The van der Waals surface area contributed by atoms with Crippen molar-refractivity contribution in [2.75, 3.05) is 6.54 Å². The number of allylic oxidation sites excluding steroid dienone is 1. The number of amides is 1. The molecule has 3 aliphatic heterocycles. The van der Waals surface area contributed by atoms with Crippen molar-refractivity contribution in [1.82, 2.24) is 10.2 Å². The SMILES string of the molecule is Cc1ccc(S(=O)(=O)OC2=C(C(=O)O)N3C(=O)[C@H]4NC[C@@H](C2)[C@H]43)cc1.O=C(O)C(F)(F)F. The summed E-state index contributed by atoms with van der Waals surface area (Å²) in [6, 6.07) is 5.44. The van der Waals surface area contributed by atoms with E-state index in [0.717, 1.165) is 10.5 Å². The Morgan fingerprint density at radius 3 is 2.25 bits per heavy atom. The molecule has 1 aromatic rings. The molecule has 174 valence electrons. The zero-order valence-corrected chi connectivity index (χ0v) is 17.1. The van der Waals surface area contributed by atoms with Gasteiger partial charge in [0.1, 0.15) is 10.9 Å². The largest absolute Gasteiger partial charge is 0.490 e. The van der Waals surface area contributed by atoms with Crippen molar-refractivity contribution >= 4 is 28.0 Å². The normalized spacial score (nSPS) is 24.2. The third-order valence-corrected chi connectivity index (χ3v) is 6.41. The first-order chi connectivity index (χ1) is 14.7. The van der Waals surface area contributed by atoms with Crippen LogP contribution in [0.3, 0.4) is 0 Å². The van der Waals surface area contributed by atoms with Gasteiger partial charge in [0.05, 0.1) is 6.04 Å². The number of nitrogens with zero attached hydrogens (tertiary/aromatic N) is 1. The molecular formula is C18H17F3N2O8S. The van der Waals surface area contributed by atoms with E-state index in [4.69, 9.17) is 14.1 Å². The number of carbonyl (C=O) groups is 3. The first kappa shape index (κ1) is 23.5. The fourth-order valence-corrected chi connectivity index (χ4v) is 4.68. The first-order valence-corrected chi connectivity index (χ1v) is 10.5. The summed E-state index contributed by atoms with van der Waals surface area (Å²) >= 11 is 0. The average Bonchev–Trinajstić information content (AvgIpc) is 3.07. The van der Waals surface area contributed by atoms with Crippen molar-refractivity contribution in [3.05, 3.63) is 41.3 Å². The van der Waals surface area contributed by atoms with E-state index in [-0.39, 0.29) is 46.7 Å². The maximum atomic E-state index is 12.5. The minimum atomic E-state index is -5.08. The molecule has 0 aromatic heterocycles. The van der Waals surface area contributed by atoms with Gasteiger partial charge in [0, 0.05) is 18.9 Å². The number of alkyl halides is 3. The van der Waals surface area contributed by atoms with Crippen LogP contribution in [-0.2, 0) is 28.7 Å². The van der Waals surface area contributed by atoms with Gasteiger partial charge in [0.15, 0.2) is 11.5 Å². The molecule has 3 heterocycles. The summed E-state index contributed by atoms with van der Waals surface area (Å²) in [5.41, 5.74) is 0.515. The number of β-lactam (4-membered cyclic amide) rings is 1. The maximum absolute atomic E-state index is 12.5. The summed E-state index contributed by atoms with van der Waals surface area (Å²) < 4.78 is 61.9. The van der Waals surface area contributed by atoms with E-state index in [1.807, 2.05) is 6.92 Å². The molecule has 0 spiro atoms. The molecule has 0 bridgehead atoms. The highest BCUT2D eigenvalue weighted by molar-refractivity contribution is 7.86. The maximum Gasteiger partial charge on any atom is 0.490 e. The fraction of sp³-hybridized carbons (Fsp3) is 0.389. The van der Waals surface area contributed by atoms with Gasteiger partial charge in [-0.2, -0.15) is 21.6 Å². The Hall–Kier alpha value is -3.13. The van der Waals surface area contributed by atoms with Gasteiger partial charge in [-0.05, 0) is 19.1 Å². The zero-order chi connectivity index (χ0) is 24.0. The lowest BCUT2D eigenvalue weighted by Crippen LogP contribution is -2.68. The molecule has 2 fully saturated rings. The Morgan fingerprint density at radius 2 is 1.75 bits per heavy atom. The molecule has 0 aliphatic carbocycles. The van der Waals surface area contributed by atoms with E-state index >= 15 is 0 Å². The lowest BCUT2D eigenvalue weighted by atomic mass is 9.82. The first-order valence-electron chi connectivity index (χ1n) is 9.08. The number of carboxylic acid groups (broad SMARTS) is 2. The lowest BCUT2D eigenvalue weighted by Gasteiger charge is -2.48. The Bertz CT molecular complexity index is 1100. The molecule has 1 amide bonds. The molecule has 4 rings (SSSR count). The van der Waals surface area contributed by atoms with Crippen LogP contribution in [0.2, 0.25) is 0 Å². The van der Waals surface area contributed by atoms with Gasteiger partial charge in [0.25, 0.3) is 0 Å². The van der Waals surface area contributed by atoms with E-state index in [0.29, 0.717) is 6.54 Å². The highest BCUT2D eigenvalue weighted by Gasteiger charge is 2.60. The molecule has 32 heavy (non-hydrogen) atoms. The van der Waals surface area contributed by atoms with Crippen molar-refractivity contribution in [2.45, 2.75) is 36.5 Å². The molecule has 1 aromatic carbocycles. The smallest absolute Gasteiger partial charge is 0.476 e. The molecular weight excluding hydrogens is 461 g/mol. The number of carboxylic acids is 2. The van der Waals surface area contributed by atoms with Crippen LogP contribution in [0.5, 0.6) is 0 Å². The summed E-state index contributed by atoms with van der Waals surface area (Å²) in [4.78, 5) is 33.8. The second kappa shape index (κ2) is 8.09. The summed E-state index contributed by atoms with van der Waals surface area (Å²) in [6.07, 6.45) is -4.93. The number of hydrogen-bond donors (Lipinski definition) is 3. The van der Waals surface area contributed by atoms with Crippen molar-refractivity contribution in [1.29, 1.82) is 0 Å². The predicted molar refractivity (Wildman–Crippen MR) is 98.3 cm³/mol. The van der Waals surface area contributed by atoms with Crippen LogP contribution in [0.4, 0.5) is 13.2 Å². The molecule has 2 saturated heterocycles. The van der Waals surface area contributed by atoms with Gasteiger partial charge in [0.2, 0.25) is 5.91 Å². The van der Waals surface area contributed by atoms with Gasteiger partial charge in [-0.1, -0.05) is 17.7 Å². The van der Waals surface area contributed by atoms with Crippen molar-refractivity contribution < 1.29 is 50.4 Å². The van der Waals surface area contributed by atoms with Crippen molar-refractivity contribution in [2.24, 2.45) is 5.92 Å². The topological polar surface area (TPSA) is 150 Å². The number of aryl methyl sites for hydroxylation is 1. The zero-order valence-electron chi connectivity index (χ0n) is 16.3. The second-order valence-corrected chi connectivity index (χ2v) is 8.83. The lowest BCUT2D eigenvalue weighted by molar-refractivity contribution is -0.192. The monoisotopic (exact) mass is 478 g/mol. The van der Waals surface area contributed by atoms with Gasteiger partial charge in [-0.25, -0.2) is 9.59 Å². The van der Waals surface area contributed by atoms with E-state index in [1.165, 1.54) is 12.1 Å². The molecule has 14 heteroatoms. The van der Waals surface area contributed by atoms with Gasteiger partial charge in [-0.15, -0.1) is 0 Å². The van der Waals surface area contributed by atoms with E-state index < -0.39 is 28.2 Å². The summed E-state index contributed by atoms with van der Waals surface area (Å²) in [5, 5.41) is 19.7. The number of halogens is 3.